The lowest BCUT2D eigenvalue weighted by Crippen LogP contribution is -1.97. The molecule has 1 aromatic heterocycles. The second kappa shape index (κ2) is 5.74. The van der Waals surface area contributed by atoms with Crippen LogP contribution in [0.2, 0.25) is 10.0 Å². The number of nitrogens with zero attached hydrogens (tertiary/aromatic N) is 2. The van der Waals surface area contributed by atoms with Gasteiger partial charge in [0.2, 0.25) is 0 Å². The molecular formula is C12H9Cl3N2O. The van der Waals surface area contributed by atoms with E-state index in [-0.39, 0.29) is 6.01 Å². The van der Waals surface area contributed by atoms with E-state index in [1.165, 1.54) is 0 Å². The van der Waals surface area contributed by atoms with E-state index < -0.39 is 0 Å². The smallest absolute Gasteiger partial charge is 0.322 e. The standard InChI is InChI=1S/C12H9Cl3N2O/c1-7-8(5-13)6-16-12(17-7)18-11-3-2-9(14)4-10(11)15/h2-4,6H,5H2,1H3. The minimum absolute atomic E-state index is 0.227. The molecule has 0 bridgehead atoms. The predicted octanol–water partition coefficient (Wildman–Crippen LogP) is 4.62. The Balaban J connectivity index is 2.26. The highest BCUT2D eigenvalue weighted by Crippen LogP contribution is 2.30. The number of halogens is 3. The molecule has 2 aromatic rings. The highest BCUT2D eigenvalue weighted by Gasteiger charge is 2.08. The molecule has 0 amide bonds. The van der Waals surface area contributed by atoms with Crippen LogP contribution < -0.4 is 4.74 Å². The predicted molar refractivity (Wildman–Crippen MR) is 72.9 cm³/mol. The first-order chi connectivity index (χ1) is 8.60. The van der Waals surface area contributed by atoms with Gasteiger partial charge in [0, 0.05) is 22.5 Å². The highest BCUT2D eigenvalue weighted by atomic mass is 35.5. The summed E-state index contributed by atoms with van der Waals surface area (Å²) in [5, 5.41) is 0.951. The molecule has 0 spiro atoms. The summed E-state index contributed by atoms with van der Waals surface area (Å²) in [5.74, 6) is 0.826. The molecule has 3 nitrogen and oxygen atoms in total. The fraction of sp³-hybridized carbons (Fsp3) is 0.167. The minimum Gasteiger partial charge on any atom is -0.423 e. The third-order valence-corrected chi connectivity index (χ3v) is 3.12. The van der Waals surface area contributed by atoms with Crippen molar-refractivity contribution >= 4 is 34.8 Å². The summed E-state index contributed by atoms with van der Waals surface area (Å²) in [6, 6.07) is 5.17. The van der Waals surface area contributed by atoms with Crippen LogP contribution in [-0.2, 0) is 5.88 Å². The SMILES string of the molecule is Cc1nc(Oc2ccc(Cl)cc2Cl)ncc1CCl. The van der Waals surface area contributed by atoms with Gasteiger partial charge in [0.1, 0.15) is 5.75 Å². The Morgan fingerprint density at radius 2 is 2.06 bits per heavy atom. The van der Waals surface area contributed by atoms with Gasteiger partial charge >= 0.3 is 6.01 Å². The van der Waals surface area contributed by atoms with Gasteiger partial charge in [-0.3, -0.25) is 0 Å². The Morgan fingerprint density at radius 1 is 1.28 bits per heavy atom. The summed E-state index contributed by atoms with van der Waals surface area (Å²) in [6.07, 6.45) is 1.63. The Labute approximate surface area is 120 Å². The van der Waals surface area contributed by atoms with Gasteiger partial charge in [0.05, 0.1) is 10.9 Å². The van der Waals surface area contributed by atoms with Crippen LogP contribution in [0.4, 0.5) is 0 Å². The van der Waals surface area contributed by atoms with Gasteiger partial charge < -0.3 is 4.74 Å². The van der Waals surface area contributed by atoms with Crippen molar-refractivity contribution in [3.8, 4) is 11.8 Å². The first-order valence-corrected chi connectivity index (χ1v) is 6.40. The van der Waals surface area contributed by atoms with Crippen LogP contribution in [0.5, 0.6) is 11.8 Å². The summed E-state index contributed by atoms with van der Waals surface area (Å²) in [7, 11) is 0. The first kappa shape index (κ1) is 13.4. The number of hydrogen-bond donors (Lipinski definition) is 0. The van der Waals surface area contributed by atoms with Crippen LogP contribution in [0, 0.1) is 6.92 Å². The molecule has 2 rings (SSSR count). The third kappa shape index (κ3) is 3.05. The molecule has 0 atom stereocenters. The average molecular weight is 304 g/mol. The zero-order valence-electron chi connectivity index (χ0n) is 9.45. The van der Waals surface area contributed by atoms with Crippen molar-refractivity contribution in [1.82, 2.24) is 9.97 Å². The fourth-order valence-corrected chi connectivity index (χ4v) is 2.02. The third-order valence-electron chi connectivity index (χ3n) is 2.30. The molecule has 0 saturated carbocycles. The molecule has 0 N–H and O–H groups in total. The van der Waals surface area contributed by atoms with E-state index >= 15 is 0 Å². The number of ether oxygens (including phenoxy) is 1. The van der Waals surface area contributed by atoms with E-state index in [0.29, 0.717) is 21.7 Å². The van der Waals surface area contributed by atoms with E-state index in [9.17, 15) is 0 Å². The Bertz CT molecular complexity index is 575. The number of rotatable bonds is 3. The zero-order valence-corrected chi connectivity index (χ0v) is 11.7. The highest BCUT2D eigenvalue weighted by molar-refractivity contribution is 6.35. The second-order valence-electron chi connectivity index (χ2n) is 3.57. The van der Waals surface area contributed by atoms with Gasteiger partial charge in [0.15, 0.2) is 0 Å². The fourth-order valence-electron chi connectivity index (χ4n) is 1.31. The van der Waals surface area contributed by atoms with Crippen LogP contribution in [0.3, 0.4) is 0 Å². The minimum atomic E-state index is 0.227. The topological polar surface area (TPSA) is 35.0 Å². The van der Waals surface area contributed by atoms with Crippen molar-refractivity contribution in [3.05, 3.63) is 45.7 Å². The van der Waals surface area contributed by atoms with Gasteiger partial charge in [-0.15, -0.1) is 11.6 Å². The molecule has 0 radical (unpaired) electrons. The maximum absolute atomic E-state index is 5.99. The van der Waals surface area contributed by atoms with Crippen molar-refractivity contribution in [3.63, 3.8) is 0 Å². The molecule has 0 aliphatic rings. The van der Waals surface area contributed by atoms with Gasteiger partial charge in [-0.2, -0.15) is 4.98 Å². The Hall–Kier alpha value is -1.03. The number of hydrogen-bond acceptors (Lipinski definition) is 3. The summed E-state index contributed by atoms with van der Waals surface area (Å²) < 4.78 is 5.49. The number of aromatic nitrogens is 2. The molecule has 94 valence electrons. The molecule has 0 fully saturated rings. The summed E-state index contributed by atoms with van der Waals surface area (Å²) in [5.41, 5.74) is 1.64. The molecule has 0 saturated heterocycles. The molecule has 0 aliphatic carbocycles. The van der Waals surface area contributed by atoms with Crippen LogP contribution in [0.15, 0.2) is 24.4 Å². The van der Waals surface area contributed by atoms with E-state index in [1.807, 2.05) is 6.92 Å². The van der Waals surface area contributed by atoms with Gasteiger partial charge in [-0.05, 0) is 25.1 Å². The van der Waals surface area contributed by atoms with Gasteiger partial charge in [-0.1, -0.05) is 23.2 Å². The quantitative estimate of drug-likeness (QED) is 0.776. The number of alkyl halides is 1. The van der Waals surface area contributed by atoms with E-state index in [1.54, 1.807) is 24.4 Å². The second-order valence-corrected chi connectivity index (χ2v) is 4.68. The number of benzene rings is 1. The van der Waals surface area contributed by atoms with Gasteiger partial charge in [0.25, 0.3) is 0 Å². The Morgan fingerprint density at radius 3 is 2.67 bits per heavy atom. The number of aryl methyl sites for hydroxylation is 1. The maximum Gasteiger partial charge on any atom is 0.322 e. The lowest BCUT2D eigenvalue weighted by molar-refractivity contribution is 0.440. The van der Waals surface area contributed by atoms with Gasteiger partial charge in [-0.25, -0.2) is 4.98 Å². The van der Waals surface area contributed by atoms with Crippen LogP contribution in [-0.4, -0.2) is 9.97 Å². The van der Waals surface area contributed by atoms with Crippen molar-refractivity contribution < 1.29 is 4.74 Å². The van der Waals surface area contributed by atoms with E-state index in [4.69, 9.17) is 39.5 Å². The largest absolute Gasteiger partial charge is 0.423 e. The lowest BCUT2D eigenvalue weighted by atomic mass is 10.3. The van der Waals surface area contributed by atoms with E-state index in [0.717, 1.165) is 11.3 Å². The summed E-state index contributed by atoms with van der Waals surface area (Å²) in [4.78, 5) is 8.25. The average Bonchev–Trinajstić information content (AvgIpc) is 2.33. The Kier molecular flexibility index (Phi) is 4.27. The summed E-state index contributed by atoms with van der Waals surface area (Å²) >= 11 is 17.5. The van der Waals surface area contributed by atoms with Crippen LogP contribution in [0.1, 0.15) is 11.3 Å². The molecule has 1 aromatic carbocycles. The monoisotopic (exact) mass is 302 g/mol. The normalized spacial score (nSPS) is 10.4. The molecular weight excluding hydrogens is 295 g/mol. The molecule has 1 heterocycles. The van der Waals surface area contributed by atoms with Crippen molar-refractivity contribution in [2.75, 3.05) is 0 Å². The van der Waals surface area contributed by atoms with Crippen molar-refractivity contribution in [1.29, 1.82) is 0 Å². The molecule has 18 heavy (non-hydrogen) atoms. The molecule has 6 heteroatoms. The van der Waals surface area contributed by atoms with Crippen molar-refractivity contribution in [2.24, 2.45) is 0 Å². The lowest BCUT2D eigenvalue weighted by Gasteiger charge is -2.07. The molecule has 0 unspecified atom stereocenters. The zero-order chi connectivity index (χ0) is 13.1. The van der Waals surface area contributed by atoms with E-state index in [2.05, 4.69) is 9.97 Å². The molecule has 0 aliphatic heterocycles. The first-order valence-electron chi connectivity index (χ1n) is 5.11. The van der Waals surface area contributed by atoms with Crippen LogP contribution in [0.25, 0.3) is 0 Å². The van der Waals surface area contributed by atoms with Crippen LogP contribution >= 0.6 is 34.8 Å². The summed E-state index contributed by atoms with van der Waals surface area (Å²) in [6.45, 7) is 1.84. The maximum atomic E-state index is 5.99. The van der Waals surface area contributed by atoms with Crippen molar-refractivity contribution in [2.45, 2.75) is 12.8 Å².